The largest absolute Gasteiger partial charge is 0.370 e. The number of primary amides is 1. The van der Waals surface area contributed by atoms with Gasteiger partial charge >= 0.3 is 0 Å². The summed E-state index contributed by atoms with van der Waals surface area (Å²) < 4.78 is 0. The molecular formula is C12H13N3O2S. The molecule has 6 heteroatoms. The third-order valence-corrected chi connectivity index (χ3v) is 3.03. The number of nitrogens with zero attached hydrogens (tertiary/aromatic N) is 1. The van der Waals surface area contributed by atoms with E-state index in [9.17, 15) is 9.59 Å². The lowest BCUT2D eigenvalue weighted by Gasteiger charge is -2.14. The van der Waals surface area contributed by atoms with Crippen molar-refractivity contribution in [2.45, 2.75) is 19.0 Å². The molecule has 5 nitrogen and oxygen atoms in total. The SMILES string of the molecule is NC(=O)C[C@H]1NC(=S)N(Cc2ccccc2)C1=O. The highest BCUT2D eigenvalue weighted by Gasteiger charge is 2.35. The Hall–Kier alpha value is -1.95. The summed E-state index contributed by atoms with van der Waals surface area (Å²) in [5.41, 5.74) is 6.07. The molecule has 0 spiro atoms. The number of benzene rings is 1. The molecule has 1 fully saturated rings. The van der Waals surface area contributed by atoms with Crippen molar-refractivity contribution in [3.8, 4) is 0 Å². The van der Waals surface area contributed by atoms with Gasteiger partial charge in [-0.1, -0.05) is 30.3 Å². The van der Waals surface area contributed by atoms with Gasteiger partial charge in [-0.25, -0.2) is 0 Å². The summed E-state index contributed by atoms with van der Waals surface area (Å²) in [6.07, 6.45) is -0.0374. The number of hydrogen-bond acceptors (Lipinski definition) is 3. The number of nitrogens with one attached hydrogen (secondary N) is 1. The van der Waals surface area contributed by atoms with Crippen molar-refractivity contribution in [2.24, 2.45) is 5.73 Å². The molecule has 18 heavy (non-hydrogen) atoms. The van der Waals surface area contributed by atoms with E-state index in [1.807, 2.05) is 30.3 Å². The Morgan fingerprint density at radius 1 is 1.39 bits per heavy atom. The van der Waals surface area contributed by atoms with Gasteiger partial charge in [0.25, 0.3) is 5.91 Å². The van der Waals surface area contributed by atoms with Crippen LogP contribution >= 0.6 is 12.2 Å². The van der Waals surface area contributed by atoms with Crippen LogP contribution in [0, 0.1) is 0 Å². The van der Waals surface area contributed by atoms with Crippen molar-refractivity contribution < 1.29 is 9.59 Å². The summed E-state index contributed by atoms with van der Waals surface area (Å²) in [6.45, 7) is 0.404. The highest BCUT2D eigenvalue weighted by atomic mass is 32.1. The molecule has 2 amide bonds. The van der Waals surface area contributed by atoms with E-state index >= 15 is 0 Å². The molecule has 1 aromatic rings. The van der Waals surface area contributed by atoms with Crippen LogP contribution in [-0.4, -0.2) is 27.9 Å². The van der Waals surface area contributed by atoms with Gasteiger partial charge in [0.1, 0.15) is 6.04 Å². The van der Waals surface area contributed by atoms with Gasteiger partial charge in [0.15, 0.2) is 5.11 Å². The maximum Gasteiger partial charge on any atom is 0.252 e. The molecule has 94 valence electrons. The van der Waals surface area contributed by atoms with E-state index in [-0.39, 0.29) is 12.3 Å². The van der Waals surface area contributed by atoms with Crippen LogP contribution in [-0.2, 0) is 16.1 Å². The topological polar surface area (TPSA) is 75.4 Å². The summed E-state index contributed by atoms with van der Waals surface area (Å²) in [4.78, 5) is 24.3. The van der Waals surface area contributed by atoms with Crippen LogP contribution in [0.5, 0.6) is 0 Å². The monoisotopic (exact) mass is 263 g/mol. The zero-order valence-corrected chi connectivity index (χ0v) is 10.4. The number of carbonyl (C=O) groups excluding carboxylic acids is 2. The molecule has 1 aliphatic heterocycles. The molecule has 0 radical (unpaired) electrons. The first-order valence-corrected chi connectivity index (χ1v) is 5.93. The normalized spacial score (nSPS) is 18.9. The summed E-state index contributed by atoms with van der Waals surface area (Å²) in [5.74, 6) is -0.729. The van der Waals surface area contributed by atoms with E-state index in [2.05, 4.69) is 5.32 Å². The van der Waals surface area contributed by atoms with Crippen molar-refractivity contribution in [2.75, 3.05) is 0 Å². The van der Waals surface area contributed by atoms with Gasteiger partial charge in [-0.2, -0.15) is 0 Å². The quantitative estimate of drug-likeness (QED) is 0.758. The van der Waals surface area contributed by atoms with Gasteiger partial charge in [-0.15, -0.1) is 0 Å². The molecular weight excluding hydrogens is 250 g/mol. The standard InChI is InChI=1S/C12H13N3O2S/c13-10(16)6-9-11(17)15(12(18)14-9)7-8-4-2-1-3-5-8/h1-5,9H,6-7H2,(H2,13,16)(H,14,18)/t9-/m1/s1. The van der Waals surface area contributed by atoms with Crippen molar-refractivity contribution in [1.82, 2.24) is 10.2 Å². The van der Waals surface area contributed by atoms with Gasteiger partial charge in [0.2, 0.25) is 5.91 Å². The molecule has 0 bridgehead atoms. The average Bonchev–Trinajstić information content (AvgIpc) is 2.58. The van der Waals surface area contributed by atoms with Crippen LogP contribution in [0.3, 0.4) is 0 Å². The fourth-order valence-electron chi connectivity index (χ4n) is 1.83. The lowest BCUT2D eigenvalue weighted by molar-refractivity contribution is -0.130. The van der Waals surface area contributed by atoms with E-state index < -0.39 is 11.9 Å². The highest BCUT2D eigenvalue weighted by molar-refractivity contribution is 7.80. The maximum absolute atomic E-state index is 12.0. The van der Waals surface area contributed by atoms with E-state index in [1.165, 1.54) is 4.90 Å². The van der Waals surface area contributed by atoms with Crippen LogP contribution < -0.4 is 11.1 Å². The first-order valence-electron chi connectivity index (χ1n) is 5.52. The number of carbonyl (C=O) groups is 2. The van der Waals surface area contributed by atoms with Crippen LogP contribution in [0.1, 0.15) is 12.0 Å². The maximum atomic E-state index is 12.0. The van der Waals surface area contributed by atoms with Gasteiger partial charge in [-0.05, 0) is 17.8 Å². The van der Waals surface area contributed by atoms with E-state index in [0.29, 0.717) is 11.7 Å². The Morgan fingerprint density at radius 2 is 2.06 bits per heavy atom. The minimum Gasteiger partial charge on any atom is -0.370 e. The number of nitrogens with two attached hydrogens (primary N) is 1. The van der Waals surface area contributed by atoms with Crippen LogP contribution in [0.2, 0.25) is 0 Å². The Morgan fingerprint density at radius 3 is 2.67 bits per heavy atom. The van der Waals surface area contributed by atoms with Crippen LogP contribution in [0.15, 0.2) is 30.3 Å². The molecule has 1 aliphatic rings. The zero-order valence-electron chi connectivity index (χ0n) is 9.63. The lowest BCUT2D eigenvalue weighted by atomic mass is 10.2. The van der Waals surface area contributed by atoms with Crippen molar-refractivity contribution in [1.29, 1.82) is 0 Å². The zero-order chi connectivity index (χ0) is 13.1. The second kappa shape index (κ2) is 5.14. The van der Waals surface area contributed by atoms with E-state index in [0.717, 1.165) is 5.56 Å². The third kappa shape index (κ3) is 2.65. The van der Waals surface area contributed by atoms with E-state index in [1.54, 1.807) is 0 Å². The predicted molar refractivity (Wildman–Crippen MR) is 70.3 cm³/mol. The molecule has 0 aliphatic carbocycles. The van der Waals surface area contributed by atoms with Gasteiger partial charge in [0, 0.05) is 0 Å². The number of thiocarbonyl (C=S) groups is 1. The van der Waals surface area contributed by atoms with Crippen LogP contribution in [0.4, 0.5) is 0 Å². The molecule has 0 aromatic heterocycles. The minimum atomic E-state index is -0.626. The smallest absolute Gasteiger partial charge is 0.252 e. The number of rotatable bonds is 4. The van der Waals surface area contributed by atoms with Crippen LogP contribution in [0.25, 0.3) is 0 Å². The van der Waals surface area contributed by atoms with Crippen molar-refractivity contribution in [3.63, 3.8) is 0 Å². The first kappa shape index (κ1) is 12.5. The Kier molecular flexibility index (Phi) is 3.57. The lowest BCUT2D eigenvalue weighted by Crippen LogP contribution is -2.34. The molecule has 0 unspecified atom stereocenters. The first-order chi connectivity index (χ1) is 8.58. The summed E-state index contributed by atoms with van der Waals surface area (Å²) in [7, 11) is 0. The van der Waals surface area contributed by atoms with Crippen molar-refractivity contribution >= 4 is 29.1 Å². The second-order valence-corrected chi connectivity index (χ2v) is 4.47. The Bertz CT molecular complexity index is 489. The summed E-state index contributed by atoms with van der Waals surface area (Å²) in [5, 5.41) is 3.15. The number of amides is 2. The van der Waals surface area contributed by atoms with Crippen molar-refractivity contribution in [3.05, 3.63) is 35.9 Å². The molecule has 3 N–H and O–H groups in total. The number of hydrogen-bond donors (Lipinski definition) is 2. The van der Waals surface area contributed by atoms with Gasteiger partial charge in [0.05, 0.1) is 13.0 Å². The van der Waals surface area contributed by atoms with Gasteiger partial charge < -0.3 is 11.1 Å². The molecule has 2 rings (SSSR count). The Balaban J connectivity index is 2.08. The summed E-state index contributed by atoms with van der Waals surface area (Å²) in [6, 6.07) is 8.90. The second-order valence-electron chi connectivity index (χ2n) is 4.08. The summed E-state index contributed by atoms with van der Waals surface area (Å²) >= 11 is 5.09. The minimum absolute atomic E-state index is 0.0374. The molecule has 1 aromatic carbocycles. The highest BCUT2D eigenvalue weighted by Crippen LogP contribution is 2.13. The molecule has 1 saturated heterocycles. The average molecular weight is 263 g/mol. The molecule has 1 heterocycles. The molecule has 0 saturated carbocycles. The third-order valence-electron chi connectivity index (χ3n) is 2.70. The fraction of sp³-hybridized carbons (Fsp3) is 0.250. The van der Waals surface area contributed by atoms with E-state index in [4.69, 9.17) is 18.0 Å². The predicted octanol–water partition coefficient (Wildman–Crippen LogP) is 0.147. The fourth-order valence-corrected chi connectivity index (χ4v) is 2.13. The van der Waals surface area contributed by atoms with Gasteiger partial charge in [-0.3, -0.25) is 14.5 Å². The Labute approximate surface area is 110 Å². The molecule has 1 atom stereocenters.